The Labute approximate surface area is 133 Å². The van der Waals surface area contributed by atoms with Gasteiger partial charge in [-0.15, -0.1) is 0 Å². The summed E-state index contributed by atoms with van der Waals surface area (Å²) < 4.78 is 2.29. The lowest BCUT2D eigenvalue weighted by atomic mass is 10.1. The normalized spacial score (nSPS) is 12.5. The Morgan fingerprint density at radius 1 is 1.38 bits per heavy atom. The Morgan fingerprint density at radius 2 is 1.94 bits per heavy atom. The summed E-state index contributed by atoms with van der Waals surface area (Å²) in [6.07, 6.45) is 0.264. The monoisotopic (exact) mass is 559 g/mol. The number of rotatable bonds is 3. The Balaban J connectivity index is 3.11. The van der Waals surface area contributed by atoms with Gasteiger partial charge >= 0.3 is 5.97 Å². The van der Waals surface area contributed by atoms with Gasteiger partial charge in [-0.2, -0.15) is 0 Å². The summed E-state index contributed by atoms with van der Waals surface area (Å²) in [5.74, 6) is -0.785. The molecule has 0 heterocycles. The third kappa shape index (κ3) is 3.32. The standard InChI is InChI=1S/C9H8I3NO3/c10-4-1-3(2-5(13)9(15)16)6(11)7(12)8(4)14/h1,5,14H,2,13H2,(H,15,16). The maximum absolute atomic E-state index is 10.7. The van der Waals surface area contributed by atoms with Gasteiger partial charge in [-0.1, -0.05) is 0 Å². The van der Waals surface area contributed by atoms with Gasteiger partial charge in [0.1, 0.15) is 11.8 Å². The summed E-state index contributed by atoms with van der Waals surface area (Å²) in [5.41, 5.74) is 6.33. The maximum Gasteiger partial charge on any atom is 0.320 e. The third-order valence-corrected chi connectivity index (χ3v) is 6.10. The molecule has 0 fully saturated rings. The van der Waals surface area contributed by atoms with E-state index in [0.29, 0.717) is 3.57 Å². The first-order valence-corrected chi connectivity index (χ1v) is 7.42. The number of carboxylic acid groups (broad SMARTS) is 1. The van der Waals surface area contributed by atoms with E-state index in [-0.39, 0.29) is 12.2 Å². The van der Waals surface area contributed by atoms with Crippen LogP contribution < -0.4 is 5.73 Å². The van der Waals surface area contributed by atoms with Gasteiger partial charge in [-0.3, -0.25) is 4.79 Å². The summed E-state index contributed by atoms with van der Waals surface area (Å²) in [6.45, 7) is 0. The summed E-state index contributed by atoms with van der Waals surface area (Å²) in [5, 5.41) is 18.4. The number of carbonyl (C=O) groups is 1. The van der Waals surface area contributed by atoms with Crippen molar-refractivity contribution < 1.29 is 15.0 Å². The molecule has 4 nitrogen and oxygen atoms in total. The molecule has 1 aromatic rings. The number of halogens is 3. The fourth-order valence-corrected chi connectivity index (χ4v) is 3.54. The number of aromatic hydroxyl groups is 1. The lowest BCUT2D eigenvalue weighted by Crippen LogP contribution is -2.32. The lowest BCUT2D eigenvalue weighted by molar-refractivity contribution is -0.138. The van der Waals surface area contributed by atoms with Crippen molar-refractivity contribution >= 4 is 73.7 Å². The molecule has 1 atom stereocenters. The van der Waals surface area contributed by atoms with E-state index in [9.17, 15) is 9.90 Å². The van der Waals surface area contributed by atoms with Gasteiger partial charge in [0, 0.05) is 3.57 Å². The first kappa shape index (κ1) is 14.7. The van der Waals surface area contributed by atoms with Crippen LogP contribution in [0.25, 0.3) is 0 Å². The van der Waals surface area contributed by atoms with E-state index in [1.54, 1.807) is 6.07 Å². The number of carboxylic acids is 1. The molecule has 0 spiro atoms. The molecule has 0 aliphatic heterocycles. The molecule has 0 aliphatic carbocycles. The molecule has 7 heteroatoms. The largest absolute Gasteiger partial charge is 0.506 e. The van der Waals surface area contributed by atoms with Crippen molar-refractivity contribution in [1.82, 2.24) is 0 Å². The smallest absolute Gasteiger partial charge is 0.320 e. The highest BCUT2D eigenvalue weighted by Crippen LogP contribution is 2.32. The summed E-state index contributed by atoms with van der Waals surface area (Å²) in [7, 11) is 0. The van der Waals surface area contributed by atoms with Crippen LogP contribution in [0, 0.1) is 10.7 Å². The van der Waals surface area contributed by atoms with Gasteiger partial charge < -0.3 is 15.9 Å². The first-order valence-electron chi connectivity index (χ1n) is 4.18. The van der Waals surface area contributed by atoms with E-state index in [2.05, 4.69) is 22.6 Å². The predicted molar refractivity (Wildman–Crippen MR) is 85.6 cm³/mol. The number of benzene rings is 1. The van der Waals surface area contributed by atoms with Crippen LogP contribution in [0.15, 0.2) is 6.07 Å². The molecule has 88 valence electrons. The van der Waals surface area contributed by atoms with E-state index >= 15 is 0 Å². The van der Waals surface area contributed by atoms with Gasteiger partial charge in [0.25, 0.3) is 0 Å². The van der Waals surface area contributed by atoms with Gasteiger partial charge in [0.15, 0.2) is 0 Å². The third-order valence-electron chi connectivity index (χ3n) is 1.97. The zero-order chi connectivity index (χ0) is 12.5. The zero-order valence-corrected chi connectivity index (χ0v) is 14.3. The van der Waals surface area contributed by atoms with Crippen molar-refractivity contribution in [3.05, 3.63) is 22.3 Å². The fourth-order valence-electron chi connectivity index (χ4n) is 1.11. The van der Waals surface area contributed by atoms with E-state index in [0.717, 1.165) is 12.7 Å². The second-order valence-corrected chi connectivity index (χ2v) is 6.46. The number of phenols is 1. The number of hydrogen-bond donors (Lipinski definition) is 3. The molecule has 16 heavy (non-hydrogen) atoms. The minimum atomic E-state index is -1.02. The van der Waals surface area contributed by atoms with Crippen LogP contribution in [0.4, 0.5) is 0 Å². The minimum Gasteiger partial charge on any atom is -0.506 e. The summed E-state index contributed by atoms with van der Waals surface area (Å²) in [6, 6.07) is 0.854. The highest BCUT2D eigenvalue weighted by Gasteiger charge is 2.18. The fraction of sp³-hybridized carbons (Fsp3) is 0.222. The molecule has 0 saturated heterocycles. The molecular weight excluding hydrogens is 551 g/mol. The molecule has 0 bridgehead atoms. The SMILES string of the molecule is NC(Cc1cc(I)c(O)c(I)c1I)C(=O)O. The van der Waals surface area contributed by atoms with Crippen LogP contribution >= 0.6 is 67.8 Å². The number of aliphatic carboxylic acids is 1. The van der Waals surface area contributed by atoms with Crippen molar-refractivity contribution in [3.8, 4) is 5.75 Å². The lowest BCUT2D eigenvalue weighted by Gasteiger charge is -2.12. The Morgan fingerprint density at radius 3 is 2.44 bits per heavy atom. The Hall–Kier alpha value is 0.640. The average Bonchev–Trinajstić information content (AvgIpc) is 2.22. The van der Waals surface area contributed by atoms with Gasteiger partial charge in [0.05, 0.1) is 7.14 Å². The molecule has 0 saturated carbocycles. The Kier molecular flexibility index (Phi) is 5.51. The quantitative estimate of drug-likeness (QED) is 0.392. The van der Waals surface area contributed by atoms with E-state index < -0.39 is 12.0 Å². The average molecular weight is 559 g/mol. The molecule has 0 aromatic heterocycles. The molecular formula is C9H8I3NO3. The van der Waals surface area contributed by atoms with E-state index in [1.807, 2.05) is 45.2 Å². The zero-order valence-electron chi connectivity index (χ0n) is 7.88. The number of hydrogen-bond acceptors (Lipinski definition) is 3. The van der Waals surface area contributed by atoms with Crippen molar-refractivity contribution in [2.75, 3.05) is 0 Å². The van der Waals surface area contributed by atoms with Crippen molar-refractivity contribution in [1.29, 1.82) is 0 Å². The van der Waals surface area contributed by atoms with Crippen molar-refractivity contribution in [3.63, 3.8) is 0 Å². The van der Waals surface area contributed by atoms with Gasteiger partial charge in [0.2, 0.25) is 0 Å². The van der Waals surface area contributed by atoms with Crippen LogP contribution in [0.5, 0.6) is 5.75 Å². The highest BCUT2D eigenvalue weighted by molar-refractivity contribution is 14.1. The molecule has 1 rings (SSSR count). The molecule has 1 aromatic carbocycles. The van der Waals surface area contributed by atoms with Gasteiger partial charge in [-0.05, 0) is 85.8 Å². The Bertz CT molecular complexity index is 436. The highest BCUT2D eigenvalue weighted by atomic mass is 127. The van der Waals surface area contributed by atoms with Crippen molar-refractivity contribution in [2.24, 2.45) is 5.73 Å². The molecule has 0 amide bonds. The van der Waals surface area contributed by atoms with Crippen molar-refractivity contribution in [2.45, 2.75) is 12.5 Å². The van der Waals surface area contributed by atoms with Crippen LogP contribution in [0.1, 0.15) is 5.56 Å². The number of phenolic OH excluding ortho intramolecular Hbond substituents is 1. The van der Waals surface area contributed by atoms with Crippen LogP contribution in [0.3, 0.4) is 0 Å². The number of nitrogens with two attached hydrogens (primary N) is 1. The topological polar surface area (TPSA) is 83.5 Å². The summed E-state index contributed by atoms with van der Waals surface area (Å²) >= 11 is 6.13. The molecule has 1 unspecified atom stereocenters. The second kappa shape index (κ2) is 6.00. The maximum atomic E-state index is 10.7. The molecule has 4 N–H and O–H groups in total. The van der Waals surface area contributed by atoms with Crippen LogP contribution in [0.2, 0.25) is 0 Å². The van der Waals surface area contributed by atoms with Gasteiger partial charge in [-0.25, -0.2) is 0 Å². The predicted octanol–water partition coefficient (Wildman–Crippen LogP) is 2.16. The van der Waals surface area contributed by atoms with Crippen LogP contribution in [-0.4, -0.2) is 22.2 Å². The molecule has 0 radical (unpaired) electrons. The summed E-state index contributed by atoms with van der Waals surface area (Å²) in [4.78, 5) is 10.7. The molecule has 0 aliphatic rings. The van der Waals surface area contributed by atoms with Crippen LogP contribution in [-0.2, 0) is 11.2 Å². The van der Waals surface area contributed by atoms with E-state index in [1.165, 1.54) is 0 Å². The first-order chi connectivity index (χ1) is 7.34. The van der Waals surface area contributed by atoms with E-state index in [4.69, 9.17) is 10.8 Å². The second-order valence-electron chi connectivity index (χ2n) is 3.14. The minimum absolute atomic E-state index is 0.234.